The molecule has 1 unspecified atom stereocenters. The Labute approximate surface area is 91.6 Å². The van der Waals surface area contributed by atoms with Crippen molar-refractivity contribution < 1.29 is 9.13 Å². The van der Waals surface area contributed by atoms with Crippen LogP contribution in [0.2, 0.25) is 0 Å². The average Bonchev–Trinajstić information content (AvgIpc) is 2.19. The molecule has 0 aliphatic rings. The van der Waals surface area contributed by atoms with Crippen LogP contribution in [0.25, 0.3) is 0 Å². The van der Waals surface area contributed by atoms with Crippen molar-refractivity contribution >= 4 is 15.9 Å². The van der Waals surface area contributed by atoms with E-state index < -0.39 is 0 Å². The van der Waals surface area contributed by atoms with Crippen LogP contribution in [0.4, 0.5) is 4.39 Å². The van der Waals surface area contributed by atoms with Crippen LogP contribution in [-0.2, 0) is 4.74 Å². The van der Waals surface area contributed by atoms with Gasteiger partial charge in [0.1, 0.15) is 5.82 Å². The van der Waals surface area contributed by atoms with E-state index in [1.165, 1.54) is 6.07 Å². The van der Waals surface area contributed by atoms with E-state index in [0.29, 0.717) is 11.1 Å². The van der Waals surface area contributed by atoms with Gasteiger partial charge in [0.15, 0.2) is 0 Å². The second kappa shape index (κ2) is 5.44. The highest BCUT2D eigenvalue weighted by molar-refractivity contribution is 9.10. The Morgan fingerprint density at radius 1 is 1.57 bits per heavy atom. The van der Waals surface area contributed by atoms with Gasteiger partial charge in [-0.3, -0.25) is 0 Å². The van der Waals surface area contributed by atoms with Gasteiger partial charge in [-0.25, -0.2) is 4.39 Å². The summed E-state index contributed by atoms with van der Waals surface area (Å²) in [6.07, 6.45) is 0. The van der Waals surface area contributed by atoms with Crippen LogP contribution in [-0.4, -0.2) is 20.8 Å². The smallest absolute Gasteiger partial charge is 0.137 e. The molecule has 1 aromatic carbocycles. The maximum Gasteiger partial charge on any atom is 0.137 e. The number of rotatable bonds is 4. The number of methoxy groups -OCH3 is 1. The Balaban J connectivity index is 2.97. The highest BCUT2D eigenvalue weighted by Crippen LogP contribution is 2.25. The molecule has 0 aliphatic heterocycles. The van der Waals surface area contributed by atoms with Crippen LogP contribution in [0.3, 0.4) is 0 Å². The van der Waals surface area contributed by atoms with Gasteiger partial charge in [0.05, 0.1) is 17.1 Å². The molecule has 0 heterocycles. The zero-order valence-electron chi connectivity index (χ0n) is 8.18. The van der Waals surface area contributed by atoms with Gasteiger partial charge >= 0.3 is 0 Å². The maximum atomic E-state index is 13.2. The largest absolute Gasteiger partial charge is 0.383 e. The SMILES string of the molecule is CNC(COC)c1cccc(F)c1Br. The second-order valence-corrected chi connectivity index (χ2v) is 3.73. The molecule has 4 heteroatoms. The van der Waals surface area contributed by atoms with Crippen molar-refractivity contribution in [3.8, 4) is 0 Å². The lowest BCUT2D eigenvalue weighted by molar-refractivity contribution is 0.170. The monoisotopic (exact) mass is 261 g/mol. The van der Waals surface area contributed by atoms with E-state index in [0.717, 1.165) is 5.56 Å². The Morgan fingerprint density at radius 2 is 2.29 bits per heavy atom. The minimum atomic E-state index is -0.251. The van der Waals surface area contributed by atoms with Gasteiger partial charge in [-0.1, -0.05) is 12.1 Å². The fourth-order valence-electron chi connectivity index (χ4n) is 1.28. The fraction of sp³-hybridized carbons (Fsp3) is 0.400. The minimum absolute atomic E-state index is 0.00470. The summed E-state index contributed by atoms with van der Waals surface area (Å²) in [4.78, 5) is 0. The molecule has 0 bridgehead atoms. The molecular formula is C10H13BrFNO. The predicted molar refractivity (Wildman–Crippen MR) is 57.8 cm³/mol. The van der Waals surface area contributed by atoms with Crippen molar-refractivity contribution in [2.75, 3.05) is 20.8 Å². The summed E-state index contributed by atoms with van der Waals surface area (Å²) in [5, 5.41) is 3.07. The molecule has 1 atom stereocenters. The van der Waals surface area contributed by atoms with Gasteiger partial charge in [-0.2, -0.15) is 0 Å². The lowest BCUT2D eigenvalue weighted by Crippen LogP contribution is -2.21. The summed E-state index contributed by atoms with van der Waals surface area (Å²) < 4.78 is 18.7. The summed E-state index contributed by atoms with van der Waals surface area (Å²) in [5.74, 6) is -0.251. The van der Waals surface area contributed by atoms with Crippen LogP contribution in [0, 0.1) is 5.82 Å². The third-order valence-electron chi connectivity index (χ3n) is 2.04. The van der Waals surface area contributed by atoms with Crippen LogP contribution in [0.1, 0.15) is 11.6 Å². The molecule has 0 spiro atoms. The van der Waals surface area contributed by atoms with Crippen molar-refractivity contribution in [2.24, 2.45) is 0 Å². The van der Waals surface area contributed by atoms with Gasteiger partial charge in [0.2, 0.25) is 0 Å². The lowest BCUT2D eigenvalue weighted by atomic mass is 10.1. The molecule has 1 N–H and O–H groups in total. The molecule has 0 amide bonds. The number of hydrogen-bond acceptors (Lipinski definition) is 2. The molecule has 14 heavy (non-hydrogen) atoms. The molecule has 0 aliphatic carbocycles. The molecule has 0 radical (unpaired) electrons. The molecule has 0 fully saturated rings. The number of hydrogen-bond donors (Lipinski definition) is 1. The van der Waals surface area contributed by atoms with Gasteiger partial charge in [-0.05, 0) is 34.6 Å². The van der Waals surface area contributed by atoms with Crippen LogP contribution < -0.4 is 5.32 Å². The zero-order chi connectivity index (χ0) is 10.6. The van der Waals surface area contributed by atoms with E-state index in [2.05, 4.69) is 21.2 Å². The van der Waals surface area contributed by atoms with E-state index in [9.17, 15) is 4.39 Å². The van der Waals surface area contributed by atoms with E-state index in [1.54, 1.807) is 13.2 Å². The molecule has 1 aromatic rings. The van der Waals surface area contributed by atoms with E-state index in [1.807, 2.05) is 13.1 Å². The topological polar surface area (TPSA) is 21.3 Å². The molecule has 0 saturated carbocycles. The van der Waals surface area contributed by atoms with Crippen molar-refractivity contribution in [1.29, 1.82) is 0 Å². The van der Waals surface area contributed by atoms with Crippen molar-refractivity contribution in [1.82, 2.24) is 5.32 Å². The Hall–Kier alpha value is -0.450. The van der Waals surface area contributed by atoms with Crippen LogP contribution >= 0.6 is 15.9 Å². The zero-order valence-corrected chi connectivity index (χ0v) is 9.77. The van der Waals surface area contributed by atoms with Crippen molar-refractivity contribution in [3.05, 3.63) is 34.1 Å². The number of benzene rings is 1. The highest BCUT2D eigenvalue weighted by Gasteiger charge is 2.14. The molecule has 1 rings (SSSR count). The standard InChI is InChI=1S/C10H13BrFNO/c1-13-9(6-14-2)7-4-3-5-8(12)10(7)11/h3-5,9,13H,6H2,1-2H3. The second-order valence-electron chi connectivity index (χ2n) is 2.94. The molecule has 78 valence electrons. The normalized spacial score (nSPS) is 12.9. The van der Waals surface area contributed by atoms with E-state index >= 15 is 0 Å². The number of halogens is 2. The van der Waals surface area contributed by atoms with Crippen molar-refractivity contribution in [2.45, 2.75) is 6.04 Å². The maximum absolute atomic E-state index is 13.2. The number of likely N-dealkylation sites (N-methyl/N-ethyl adjacent to an activating group) is 1. The minimum Gasteiger partial charge on any atom is -0.383 e. The van der Waals surface area contributed by atoms with Gasteiger partial charge < -0.3 is 10.1 Å². The summed E-state index contributed by atoms with van der Waals surface area (Å²) in [5.41, 5.74) is 0.870. The first kappa shape index (κ1) is 11.6. The quantitative estimate of drug-likeness (QED) is 0.900. The van der Waals surface area contributed by atoms with Gasteiger partial charge in [0, 0.05) is 7.11 Å². The average molecular weight is 262 g/mol. The first-order valence-electron chi connectivity index (χ1n) is 4.30. The van der Waals surface area contributed by atoms with Crippen LogP contribution in [0.5, 0.6) is 0 Å². The predicted octanol–water partition coefficient (Wildman–Crippen LogP) is 2.50. The highest BCUT2D eigenvalue weighted by atomic mass is 79.9. The number of ether oxygens (including phenoxy) is 1. The Morgan fingerprint density at radius 3 is 2.86 bits per heavy atom. The fourth-order valence-corrected chi connectivity index (χ4v) is 1.83. The van der Waals surface area contributed by atoms with E-state index in [4.69, 9.17) is 4.74 Å². The Kier molecular flexibility index (Phi) is 4.51. The summed E-state index contributed by atoms with van der Waals surface area (Å²) in [6, 6.07) is 4.99. The Bertz CT molecular complexity index is 306. The van der Waals surface area contributed by atoms with Gasteiger partial charge in [-0.15, -0.1) is 0 Å². The lowest BCUT2D eigenvalue weighted by Gasteiger charge is -2.17. The number of nitrogens with one attached hydrogen (secondary N) is 1. The van der Waals surface area contributed by atoms with Gasteiger partial charge in [0.25, 0.3) is 0 Å². The molecular weight excluding hydrogens is 249 g/mol. The van der Waals surface area contributed by atoms with Crippen molar-refractivity contribution in [3.63, 3.8) is 0 Å². The van der Waals surface area contributed by atoms with E-state index in [-0.39, 0.29) is 11.9 Å². The first-order chi connectivity index (χ1) is 6.70. The summed E-state index contributed by atoms with van der Waals surface area (Å²) >= 11 is 3.22. The summed E-state index contributed by atoms with van der Waals surface area (Å²) in [6.45, 7) is 0.512. The third-order valence-corrected chi connectivity index (χ3v) is 2.88. The van der Waals surface area contributed by atoms with Crippen LogP contribution in [0.15, 0.2) is 22.7 Å². The summed E-state index contributed by atoms with van der Waals surface area (Å²) in [7, 11) is 3.44. The third kappa shape index (κ3) is 2.53. The first-order valence-corrected chi connectivity index (χ1v) is 5.10. The molecule has 0 aromatic heterocycles. The molecule has 2 nitrogen and oxygen atoms in total. The molecule has 0 saturated heterocycles.